The van der Waals surface area contributed by atoms with Gasteiger partial charge in [-0.25, -0.2) is 13.6 Å². The molecule has 2 saturated heterocycles. The van der Waals surface area contributed by atoms with Crippen LogP contribution in [-0.4, -0.2) is 61.0 Å². The lowest BCUT2D eigenvalue weighted by atomic mass is 10.1. The van der Waals surface area contributed by atoms with Crippen LogP contribution in [0.4, 0.5) is 25.0 Å². The summed E-state index contributed by atoms with van der Waals surface area (Å²) in [5.41, 5.74) is 2.30. The second-order valence-corrected chi connectivity index (χ2v) is 9.08. The molecule has 5 rings (SSSR count). The van der Waals surface area contributed by atoms with E-state index in [4.69, 9.17) is 0 Å². The van der Waals surface area contributed by atoms with Crippen molar-refractivity contribution in [3.63, 3.8) is 0 Å². The number of para-hydroxylation sites is 1. The zero-order valence-electron chi connectivity index (χ0n) is 19.9. The van der Waals surface area contributed by atoms with E-state index in [-0.39, 0.29) is 30.1 Å². The Balaban J connectivity index is 1.21. The second-order valence-electron chi connectivity index (χ2n) is 9.08. The molecule has 0 N–H and O–H groups in total. The van der Waals surface area contributed by atoms with Crippen molar-refractivity contribution >= 4 is 23.3 Å². The number of anilines is 2. The molecule has 0 unspecified atom stereocenters. The number of piperazine rings is 1. The van der Waals surface area contributed by atoms with E-state index in [0.29, 0.717) is 61.8 Å². The van der Waals surface area contributed by atoms with E-state index in [1.165, 1.54) is 12.1 Å². The lowest BCUT2D eigenvalue weighted by Gasteiger charge is -2.36. The first-order chi connectivity index (χ1) is 17.5. The van der Waals surface area contributed by atoms with Crippen LogP contribution in [0.5, 0.6) is 0 Å². The van der Waals surface area contributed by atoms with E-state index < -0.39 is 0 Å². The van der Waals surface area contributed by atoms with Gasteiger partial charge in [-0.3, -0.25) is 9.69 Å². The highest BCUT2D eigenvalue weighted by Gasteiger charge is 2.28. The fourth-order valence-electron chi connectivity index (χ4n) is 4.83. The molecule has 36 heavy (non-hydrogen) atoms. The third kappa shape index (κ3) is 4.89. The Hall–Kier alpha value is -3.94. The van der Waals surface area contributed by atoms with E-state index in [1.54, 1.807) is 69.3 Å². The van der Waals surface area contributed by atoms with Crippen LogP contribution in [0, 0.1) is 11.6 Å². The zero-order chi connectivity index (χ0) is 25.1. The van der Waals surface area contributed by atoms with Crippen molar-refractivity contribution in [1.29, 1.82) is 0 Å². The number of hydrogen-bond donors (Lipinski definition) is 0. The molecule has 2 aliphatic rings. The maximum Gasteiger partial charge on any atom is 0.324 e. The van der Waals surface area contributed by atoms with Crippen LogP contribution in [0.3, 0.4) is 0 Å². The number of carbonyl (C=O) groups excluding carboxylic acids is 2. The minimum Gasteiger partial charge on any atom is -0.366 e. The Labute approximate surface area is 209 Å². The van der Waals surface area contributed by atoms with Gasteiger partial charge in [0.25, 0.3) is 5.91 Å². The predicted molar refractivity (Wildman–Crippen MR) is 135 cm³/mol. The highest BCUT2D eigenvalue weighted by atomic mass is 19.1. The van der Waals surface area contributed by atoms with Crippen LogP contribution in [0.15, 0.2) is 72.8 Å². The van der Waals surface area contributed by atoms with Gasteiger partial charge in [0.2, 0.25) is 0 Å². The summed E-state index contributed by atoms with van der Waals surface area (Å²) in [6.07, 6.45) is 0.771. The number of carbonyl (C=O) groups is 2. The van der Waals surface area contributed by atoms with Gasteiger partial charge in [0.1, 0.15) is 11.6 Å². The Morgan fingerprint density at radius 2 is 1.42 bits per heavy atom. The number of hydrogen-bond acceptors (Lipinski definition) is 3. The predicted octanol–water partition coefficient (Wildman–Crippen LogP) is 4.76. The summed E-state index contributed by atoms with van der Waals surface area (Å²) in [5.74, 6) is -0.659. The summed E-state index contributed by atoms with van der Waals surface area (Å²) in [5, 5.41) is 0. The van der Waals surface area contributed by atoms with Crippen LogP contribution in [0.2, 0.25) is 0 Å². The van der Waals surface area contributed by atoms with Crippen molar-refractivity contribution < 1.29 is 18.4 Å². The molecule has 2 fully saturated rings. The average Bonchev–Trinajstić information content (AvgIpc) is 2.91. The molecule has 0 bridgehead atoms. The normalized spacial score (nSPS) is 16.4. The lowest BCUT2D eigenvalue weighted by Crippen LogP contribution is -2.49. The van der Waals surface area contributed by atoms with Gasteiger partial charge < -0.3 is 14.7 Å². The molecule has 3 amide bonds. The molecule has 0 saturated carbocycles. The molecule has 0 spiro atoms. The van der Waals surface area contributed by atoms with Crippen LogP contribution in [0.1, 0.15) is 22.3 Å². The van der Waals surface area contributed by atoms with Crippen molar-refractivity contribution in [3.8, 4) is 0 Å². The molecular weight excluding hydrogens is 462 g/mol. The number of urea groups is 1. The Morgan fingerprint density at radius 3 is 2.11 bits per heavy atom. The van der Waals surface area contributed by atoms with Gasteiger partial charge in [0.05, 0.1) is 12.2 Å². The average molecular weight is 491 g/mol. The molecule has 3 aromatic rings. The van der Waals surface area contributed by atoms with E-state index in [0.717, 1.165) is 6.42 Å². The summed E-state index contributed by atoms with van der Waals surface area (Å²) in [6.45, 7) is 3.49. The number of rotatable bonds is 5. The van der Waals surface area contributed by atoms with E-state index in [1.807, 2.05) is 11.0 Å². The van der Waals surface area contributed by atoms with E-state index in [2.05, 4.69) is 0 Å². The van der Waals surface area contributed by atoms with Crippen LogP contribution < -0.4 is 9.80 Å². The quantitative estimate of drug-likeness (QED) is 0.518. The van der Waals surface area contributed by atoms with E-state index in [9.17, 15) is 18.4 Å². The Bertz CT molecular complexity index is 1240. The van der Waals surface area contributed by atoms with Gasteiger partial charge in [0, 0.05) is 56.1 Å². The Kier molecular flexibility index (Phi) is 6.84. The second kappa shape index (κ2) is 10.4. The molecule has 2 heterocycles. The molecule has 8 heteroatoms. The molecular formula is C28H28F2N4O2. The van der Waals surface area contributed by atoms with E-state index >= 15 is 0 Å². The number of nitrogens with zero attached hydrogens (tertiary/aromatic N) is 4. The monoisotopic (exact) mass is 490 g/mol. The highest BCUT2D eigenvalue weighted by molar-refractivity contribution is 5.96. The summed E-state index contributed by atoms with van der Waals surface area (Å²) >= 11 is 0. The van der Waals surface area contributed by atoms with Gasteiger partial charge in [0.15, 0.2) is 0 Å². The molecule has 3 aromatic carbocycles. The van der Waals surface area contributed by atoms with Gasteiger partial charge in [-0.1, -0.05) is 30.3 Å². The third-order valence-electron chi connectivity index (χ3n) is 6.82. The first-order valence-electron chi connectivity index (χ1n) is 12.2. The summed E-state index contributed by atoms with van der Waals surface area (Å²) in [4.78, 5) is 33.2. The molecule has 0 radical (unpaired) electrons. The fourth-order valence-corrected chi connectivity index (χ4v) is 4.83. The zero-order valence-corrected chi connectivity index (χ0v) is 19.9. The first-order valence-corrected chi connectivity index (χ1v) is 12.2. The largest absolute Gasteiger partial charge is 0.366 e. The third-order valence-corrected chi connectivity index (χ3v) is 6.82. The van der Waals surface area contributed by atoms with Crippen molar-refractivity contribution in [3.05, 3.63) is 95.6 Å². The standard InChI is InChI=1S/C28H28F2N4O2/c29-24-7-2-1-6-22(24)20-33-14-5-15-34(28(33)36)23-12-10-21(11-13-23)27(35)32-18-16-31(17-19-32)26-9-4-3-8-25(26)30/h1-4,6-13H,5,14-20H2. The molecule has 186 valence electrons. The molecule has 6 nitrogen and oxygen atoms in total. The smallest absolute Gasteiger partial charge is 0.324 e. The highest BCUT2D eigenvalue weighted by Crippen LogP contribution is 2.24. The topological polar surface area (TPSA) is 47.1 Å². The van der Waals surface area contributed by atoms with Gasteiger partial charge in [-0.2, -0.15) is 0 Å². The Morgan fingerprint density at radius 1 is 0.750 bits per heavy atom. The first kappa shape index (κ1) is 23.8. The van der Waals surface area contributed by atoms with Gasteiger partial charge in [-0.05, 0) is 48.9 Å². The number of benzene rings is 3. The van der Waals surface area contributed by atoms with Crippen molar-refractivity contribution in [2.24, 2.45) is 0 Å². The molecule has 2 aliphatic heterocycles. The molecule has 0 atom stereocenters. The summed E-state index contributed by atoms with van der Waals surface area (Å²) in [6, 6.07) is 20.0. The van der Waals surface area contributed by atoms with Gasteiger partial charge >= 0.3 is 6.03 Å². The van der Waals surface area contributed by atoms with Crippen LogP contribution in [-0.2, 0) is 6.54 Å². The maximum absolute atomic E-state index is 14.1. The SMILES string of the molecule is O=C(c1ccc(N2CCCN(Cc3ccccc3F)C2=O)cc1)N1CCN(c2ccccc2F)CC1. The number of halogens is 2. The summed E-state index contributed by atoms with van der Waals surface area (Å²) in [7, 11) is 0. The van der Waals surface area contributed by atoms with Gasteiger partial charge in [-0.15, -0.1) is 0 Å². The lowest BCUT2D eigenvalue weighted by molar-refractivity contribution is 0.0746. The van der Waals surface area contributed by atoms with Crippen molar-refractivity contribution in [2.75, 3.05) is 49.1 Å². The molecule has 0 aromatic heterocycles. The van der Waals surface area contributed by atoms with Crippen molar-refractivity contribution in [1.82, 2.24) is 9.80 Å². The van der Waals surface area contributed by atoms with Crippen LogP contribution in [0.25, 0.3) is 0 Å². The minimum absolute atomic E-state index is 0.0825. The summed E-state index contributed by atoms with van der Waals surface area (Å²) < 4.78 is 28.2. The minimum atomic E-state index is -0.319. The maximum atomic E-state index is 14.1. The van der Waals surface area contributed by atoms with Crippen LogP contribution >= 0.6 is 0 Å². The van der Waals surface area contributed by atoms with Crippen molar-refractivity contribution in [2.45, 2.75) is 13.0 Å². The number of amides is 3. The fraction of sp³-hybridized carbons (Fsp3) is 0.286. The molecule has 0 aliphatic carbocycles.